The zero-order valence-electron chi connectivity index (χ0n) is 17.0. The Balaban J connectivity index is 1.40. The van der Waals surface area contributed by atoms with Crippen molar-refractivity contribution in [1.82, 2.24) is 10.3 Å². The molecule has 0 saturated heterocycles. The Morgan fingerprint density at radius 2 is 1.91 bits per heavy atom. The van der Waals surface area contributed by atoms with Crippen LogP contribution in [-0.4, -0.2) is 22.2 Å². The van der Waals surface area contributed by atoms with E-state index in [4.69, 9.17) is 10.00 Å². The van der Waals surface area contributed by atoms with Crippen LogP contribution in [0.15, 0.2) is 42.7 Å². The lowest BCUT2D eigenvalue weighted by Gasteiger charge is -2.36. The zero-order valence-corrected chi connectivity index (χ0v) is 17.0. The molecule has 4 rings (SSSR count). The SMILES string of the molecule is N#CC(O)c1cc(F)c(CN[C@H]2C[C@H](Oc3ccc(F)c(C(F)(F)F)c3)C2)c2ccncc12. The summed E-state index contributed by atoms with van der Waals surface area (Å²) in [5.74, 6) is -2.01. The number of aliphatic hydroxyl groups is 1. The van der Waals surface area contributed by atoms with Crippen LogP contribution in [0.3, 0.4) is 0 Å². The van der Waals surface area contributed by atoms with Crippen LogP contribution in [0.5, 0.6) is 5.75 Å². The van der Waals surface area contributed by atoms with Crippen LogP contribution >= 0.6 is 0 Å². The predicted molar refractivity (Wildman–Crippen MR) is 108 cm³/mol. The van der Waals surface area contributed by atoms with Crippen LogP contribution in [0.1, 0.15) is 35.6 Å². The van der Waals surface area contributed by atoms with E-state index in [1.807, 2.05) is 0 Å². The monoisotopic (exact) mass is 463 g/mol. The molecule has 1 atom stereocenters. The minimum atomic E-state index is -4.81. The van der Waals surface area contributed by atoms with Gasteiger partial charge >= 0.3 is 6.18 Å². The first-order valence-electron chi connectivity index (χ1n) is 10.1. The number of hydrogen-bond acceptors (Lipinski definition) is 5. The summed E-state index contributed by atoms with van der Waals surface area (Å²) in [6, 6.07) is 6.86. The molecule has 1 aromatic heterocycles. The van der Waals surface area contributed by atoms with Crippen molar-refractivity contribution >= 4 is 10.8 Å². The van der Waals surface area contributed by atoms with Crippen molar-refractivity contribution in [3.8, 4) is 11.8 Å². The van der Waals surface area contributed by atoms with E-state index in [0.29, 0.717) is 35.2 Å². The first-order valence-corrected chi connectivity index (χ1v) is 10.1. The Morgan fingerprint density at radius 3 is 2.61 bits per heavy atom. The molecule has 1 fully saturated rings. The molecule has 1 saturated carbocycles. The number of aliphatic hydroxyl groups excluding tert-OH is 1. The molecule has 3 aromatic rings. The van der Waals surface area contributed by atoms with Gasteiger partial charge in [-0.15, -0.1) is 0 Å². The molecular formula is C23H18F5N3O2. The Labute approximate surface area is 185 Å². The minimum absolute atomic E-state index is 0.0572. The fourth-order valence-electron chi connectivity index (χ4n) is 3.86. The molecule has 0 aliphatic heterocycles. The smallest absolute Gasteiger partial charge is 0.419 e. The fraction of sp³-hybridized carbons (Fsp3) is 0.304. The van der Waals surface area contributed by atoms with Crippen molar-refractivity contribution in [2.75, 3.05) is 0 Å². The summed E-state index contributed by atoms with van der Waals surface area (Å²) in [6.45, 7) is 0.154. The van der Waals surface area contributed by atoms with Crippen molar-refractivity contribution in [3.63, 3.8) is 0 Å². The number of ether oxygens (including phenoxy) is 1. The van der Waals surface area contributed by atoms with E-state index in [2.05, 4.69) is 10.3 Å². The molecule has 0 amide bonds. The molecule has 33 heavy (non-hydrogen) atoms. The van der Waals surface area contributed by atoms with Crippen LogP contribution in [-0.2, 0) is 12.7 Å². The van der Waals surface area contributed by atoms with Crippen LogP contribution in [0.4, 0.5) is 22.0 Å². The lowest BCUT2D eigenvalue weighted by Crippen LogP contribution is -2.46. The highest BCUT2D eigenvalue weighted by Crippen LogP contribution is 2.35. The summed E-state index contributed by atoms with van der Waals surface area (Å²) in [5, 5.41) is 23.0. The van der Waals surface area contributed by atoms with Crippen LogP contribution in [0.25, 0.3) is 10.8 Å². The summed E-state index contributed by atoms with van der Waals surface area (Å²) in [7, 11) is 0. The van der Waals surface area contributed by atoms with Gasteiger partial charge in [-0.25, -0.2) is 8.78 Å². The zero-order chi connectivity index (χ0) is 23.8. The quantitative estimate of drug-likeness (QED) is 0.406. The maximum Gasteiger partial charge on any atom is 0.419 e. The molecule has 1 unspecified atom stereocenters. The number of hydrogen-bond donors (Lipinski definition) is 2. The maximum absolute atomic E-state index is 14.8. The predicted octanol–water partition coefficient (Wildman–Crippen LogP) is 4.79. The molecule has 1 aliphatic carbocycles. The normalized spacial score (nSPS) is 19.1. The number of aromatic nitrogens is 1. The standard InChI is InChI=1S/C23H18F5N3O2/c24-20-2-1-13(7-19(20)23(26,27)28)33-14-5-12(6-14)31-11-18-15-3-4-30-10-17(15)16(8-21(18)25)22(32)9-29/h1-4,7-8,10,12,14,22,31-32H,5-6,11H2/t12-,14-,22?. The van der Waals surface area contributed by atoms with E-state index in [-0.39, 0.29) is 30.0 Å². The lowest BCUT2D eigenvalue weighted by atomic mass is 9.88. The molecule has 172 valence electrons. The summed E-state index contributed by atoms with van der Waals surface area (Å²) in [4.78, 5) is 3.99. The average molecular weight is 463 g/mol. The van der Waals surface area contributed by atoms with Gasteiger partial charge in [0.15, 0.2) is 6.10 Å². The van der Waals surface area contributed by atoms with Crippen molar-refractivity contribution in [2.45, 2.75) is 43.8 Å². The summed E-state index contributed by atoms with van der Waals surface area (Å²) in [6.07, 6.45) is -2.75. The van der Waals surface area contributed by atoms with Gasteiger partial charge in [0.1, 0.15) is 23.5 Å². The van der Waals surface area contributed by atoms with Gasteiger partial charge in [-0.3, -0.25) is 4.98 Å². The first kappa shape index (κ1) is 22.9. The summed E-state index contributed by atoms with van der Waals surface area (Å²) in [5.41, 5.74) is -0.897. The highest BCUT2D eigenvalue weighted by atomic mass is 19.4. The minimum Gasteiger partial charge on any atom is -0.490 e. The first-order chi connectivity index (χ1) is 15.7. The molecule has 5 nitrogen and oxygen atoms in total. The number of pyridine rings is 1. The van der Waals surface area contributed by atoms with Crippen molar-refractivity contribution in [1.29, 1.82) is 5.26 Å². The van der Waals surface area contributed by atoms with Crippen molar-refractivity contribution in [3.05, 3.63) is 71.1 Å². The van der Waals surface area contributed by atoms with Gasteiger partial charge in [-0.1, -0.05) is 0 Å². The third-order valence-electron chi connectivity index (χ3n) is 5.65. The Kier molecular flexibility index (Phi) is 6.19. The number of halogens is 5. The molecule has 2 aromatic carbocycles. The number of nitrogens with one attached hydrogen (secondary N) is 1. The second kappa shape index (κ2) is 8.92. The Bertz CT molecular complexity index is 1220. The third kappa shape index (κ3) is 4.74. The number of alkyl halides is 3. The largest absolute Gasteiger partial charge is 0.490 e. The van der Waals surface area contributed by atoms with Crippen molar-refractivity contribution in [2.24, 2.45) is 0 Å². The molecule has 10 heteroatoms. The van der Waals surface area contributed by atoms with Crippen molar-refractivity contribution < 1.29 is 31.8 Å². The second-order valence-electron chi connectivity index (χ2n) is 7.81. The van der Waals surface area contributed by atoms with Crippen LogP contribution in [0, 0.1) is 23.0 Å². The number of nitriles is 1. The van der Waals surface area contributed by atoms with E-state index in [0.717, 1.165) is 18.2 Å². The van der Waals surface area contributed by atoms with Gasteiger partial charge in [0, 0.05) is 41.5 Å². The van der Waals surface area contributed by atoms with Gasteiger partial charge in [-0.2, -0.15) is 18.4 Å². The summed E-state index contributed by atoms with van der Waals surface area (Å²) >= 11 is 0. The van der Waals surface area contributed by atoms with Crippen LogP contribution < -0.4 is 10.1 Å². The molecule has 0 spiro atoms. The van der Waals surface area contributed by atoms with Crippen LogP contribution in [0.2, 0.25) is 0 Å². The maximum atomic E-state index is 14.8. The van der Waals surface area contributed by atoms with Gasteiger partial charge in [0.25, 0.3) is 0 Å². The number of fused-ring (bicyclic) bond motifs is 1. The van der Waals surface area contributed by atoms with E-state index >= 15 is 0 Å². The average Bonchev–Trinajstić information content (AvgIpc) is 2.75. The Morgan fingerprint density at radius 1 is 1.15 bits per heavy atom. The second-order valence-corrected chi connectivity index (χ2v) is 7.81. The number of nitrogens with zero attached hydrogens (tertiary/aromatic N) is 2. The van der Waals surface area contributed by atoms with Gasteiger partial charge < -0.3 is 15.2 Å². The van der Waals surface area contributed by atoms with Gasteiger partial charge in [0.2, 0.25) is 0 Å². The highest BCUT2D eigenvalue weighted by molar-refractivity contribution is 5.88. The number of benzene rings is 2. The van der Waals surface area contributed by atoms with E-state index < -0.39 is 29.5 Å². The molecule has 1 heterocycles. The molecule has 0 radical (unpaired) electrons. The number of rotatable bonds is 6. The highest BCUT2D eigenvalue weighted by Gasteiger charge is 2.36. The molecule has 2 N–H and O–H groups in total. The van der Waals surface area contributed by atoms with E-state index in [1.54, 1.807) is 12.1 Å². The third-order valence-corrected chi connectivity index (χ3v) is 5.65. The van der Waals surface area contributed by atoms with Gasteiger partial charge in [0.05, 0.1) is 11.6 Å². The van der Waals surface area contributed by atoms with E-state index in [1.165, 1.54) is 12.4 Å². The Hall–Kier alpha value is -3.29. The molecular weight excluding hydrogens is 445 g/mol. The van der Waals surface area contributed by atoms with Gasteiger partial charge in [-0.05, 0) is 48.6 Å². The fourth-order valence-corrected chi connectivity index (χ4v) is 3.86. The topological polar surface area (TPSA) is 78.2 Å². The molecule has 1 aliphatic rings. The molecule has 0 bridgehead atoms. The lowest BCUT2D eigenvalue weighted by molar-refractivity contribution is -0.140. The van der Waals surface area contributed by atoms with E-state index in [9.17, 15) is 27.1 Å². The summed E-state index contributed by atoms with van der Waals surface area (Å²) < 4.78 is 72.2.